The van der Waals surface area contributed by atoms with Crippen molar-refractivity contribution >= 4 is 44.1 Å². The molecule has 0 aromatic carbocycles. The van der Waals surface area contributed by atoms with Gasteiger partial charge in [-0.2, -0.15) is 10.5 Å². The third-order valence-electron chi connectivity index (χ3n) is 2.82. The summed E-state index contributed by atoms with van der Waals surface area (Å²) in [5.41, 5.74) is 5.94. The van der Waals surface area contributed by atoms with Crippen molar-refractivity contribution < 1.29 is 8.42 Å². The van der Waals surface area contributed by atoms with Crippen molar-refractivity contribution in [2.24, 2.45) is 10.1 Å². The Kier molecular flexibility index (Phi) is 14.3. The number of pyridine rings is 2. The highest BCUT2D eigenvalue weighted by atomic mass is 35.5. The number of nitrogens with two attached hydrogens (primary N) is 1. The van der Waals surface area contributed by atoms with Crippen molar-refractivity contribution in [1.82, 2.24) is 19.4 Å². The molecule has 0 aliphatic heterocycles. The number of hydrogen-bond acceptors (Lipinski definition) is 8. The van der Waals surface area contributed by atoms with E-state index in [9.17, 15) is 8.42 Å². The standard InChI is InChI=1S/C8H9ClN4OS.C7H9ClN2OS.CH2N2/c1-15(14,13-6-10)12-5-7-2-3-8(9)11-4-7;1-12(11)10-5-6-2-3-7(8)9-4-6;2-1-3/h2-4H,5H2,1H3,(H,12,13,14);2-4,10H,5H2,1H3;2H2. The van der Waals surface area contributed by atoms with Crippen molar-refractivity contribution in [2.75, 3.05) is 12.5 Å². The van der Waals surface area contributed by atoms with Crippen LogP contribution in [0, 0.1) is 22.9 Å². The number of rotatable bonds is 6. The van der Waals surface area contributed by atoms with Gasteiger partial charge in [0.1, 0.15) is 20.2 Å². The number of aromatic nitrogens is 2. The maximum Gasteiger partial charge on any atom is 0.215 e. The van der Waals surface area contributed by atoms with Crippen LogP contribution in [0.2, 0.25) is 10.3 Å². The van der Waals surface area contributed by atoms with Gasteiger partial charge in [-0.3, -0.25) is 0 Å². The third kappa shape index (κ3) is 14.6. The average molecular weight is 491 g/mol. The van der Waals surface area contributed by atoms with E-state index in [-0.39, 0.29) is 0 Å². The Bertz CT molecular complexity index is 996. The molecule has 10 nitrogen and oxygen atoms in total. The number of nitrogens with zero attached hydrogens (tertiary/aromatic N) is 5. The lowest BCUT2D eigenvalue weighted by Crippen LogP contribution is -2.21. The predicted molar refractivity (Wildman–Crippen MR) is 118 cm³/mol. The fourth-order valence-electron chi connectivity index (χ4n) is 1.53. The minimum Gasteiger partial charge on any atom is -0.337 e. The quantitative estimate of drug-likeness (QED) is 0.314. The van der Waals surface area contributed by atoms with Gasteiger partial charge in [0.25, 0.3) is 0 Å². The molecule has 2 heterocycles. The van der Waals surface area contributed by atoms with Crippen LogP contribution < -0.4 is 15.2 Å². The van der Waals surface area contributed by atoms with Gasteiger partial charge in [-0.1, -0.05) is 35.3 Å². The van der Waals surface area contributed by atoms with E-state index < -0.39 is 20.9 Å². The first kappa shape index (κ1) is 27.7. The molecule has 0 bridgehead atoms. The molecule has 4 N–H and O–H groups in total. The van der Waals surface area contributed by atoms with Gasteiger partial charge in [0.05, 0.1) is 11.0 Å². The van der Waals surface area contributed by atoms with E-state index in [0.717, 1.165) is 11.1 Å². The highest BCUT2D eigenvalue weighted by molar-refractivity contribution is 7.91. The van der Waals surface area contributed by atoms with E-state index >= 15 is 0 Å². The van der Waals surface area contributed by atoms with E-state index in [1.165, 1.54) is 18.6 Å². The average Bonchev–Trinajstić information content (AvgIpc) is 2.68. The number of halogens is 2. The zero-order chi connectivity index (χ0) is 23.0. The first-order valence-corrected chi connectivity index (χ1v) is 12.1. The summed E-state index contributed by atoms with van der Waals surface area (Å²) < 4.78 is 30.8. The molecule has 2 atom stereocenters. The summed E-state index contributed by atoms with van der Waals surface area (Å²) in [4.78, 5) is 7.75. The topological polar surface area (TPSA) is 170 Å². The second kappa shape index (κ2) is 15.5. The molecule has 0 saturated heterocycles. The summed E-state index contributed by atoms with van der Waals surface area (Å²) in [5, 5.41) is 16.2. The summed E-state index contributed by atoms with van der Waals surface area (Å²) in [6.45, 7) is 0.873. The van der Waals surface area contributed by atoms with Crippen molar-refractivity contribution in [1.29, 1.82) is 10.5 Å². The summed E-state index contributed by atoms with van der Waals surface area (Å²) in [6, 6.07) is 6.94. The van der Waals surface area contributed by atoms with E-state index in [0.29, 0.717) is 23.4 Å². The van der Waals surface area contributed by atoms with Crippen LogP contribution in [0.25, 0.3) is 0 Å². The molecule has 0 saturated carbocycles. The molecule has 2 rings (SSSR count). The molecular weight excluding hydrogens is 471 g/mol. The summed E-state index contributed by atoms with van der Waals surface area (Å²) >= 11 is 11.2. The van der Waals surface area contributed by atoms with Gasteiger partial charge in [0, 0.05) is 38.0 Å². The van der Waals surface area contributed by atoms with Crippen molar-refractivity contribution in [2.45, 2.75) is 13.1 Å². The first-order chi connectivity index (χ1) is 14.1. The predicted octanol–water partition coefficient (Wildman–Crippen LogP) is 1.86. The lowest BCUT2D eigenvalue weighted by molar-refractivity contribution is 0.669. The Morgan fingerprint density at radius 1 is 1.13 bits per heavy atom. The highest BCUT2D eigenvalue weighted by Crippen LogP contribution is 2.05. The largest absolute Gasteiger partial charge is 0.337 e. The molecule has 0 amide bonds. The molecular formula is C16H20Cl2N8O2S2. The normalized spacial score (nSPS) is 12.3. The maximum atomic E-state index is 11.5. The molecule has 14 heteroatoms. The van der Waals surface area contributed by atoms with Crippen molar-refractivity contribution in [3.8, 4) is 12.4 Å². The maximum absolute atomic E-state index is 11.5. The van der Waals surface area contributed by atoms with Crippen LogP contribution in [0.15, 0.2) is 41.0 Å². The van der Waals surface area contributed by atoms with Crippen LogP contribution in [0.1, 0.15) is 11.1 Å². The summed E-state index contributed by atoms with van der Waals surface area (Å²) in [6.07, 6.45) is 8.92. The molecule has 0 aliphatic carbocycles. The van der Waals surface area contributed by atoms with E-state index in [2.05, 4.69) is 29.5 Å². The Labute approximate surface area is 188 Å². The molecule has 2 aromatic rings. The van der Waals surface area contributed by atoms with Crippen LogP contribution in [0.4, 0.5) is 0 Å². The lowest BCUT2D eigenvalue weighted by atomic mass is 10.3. The molecule has 2 aromatic heterocycles. The smallest absolute Gasteiger partial charge is 0.215 e. The lowest BCUT2D eigenvalue weighted by Gasteiger charge is -2.04. The second-order valence-electron chi connectivity index (χ2n) is 5.20. The molecule has 0 fully saturated rings. The van der Waals surface area contributed by atoms with E-state index in [1.807, 2.05) is 6.07 Å². The Morgan fingerprint density at radius 2 is 1.60 bits per heavy atom. The van der Waals surface area contributed by atoms with Crippen LogP contribution in [0.5, 0.6) is 0 Å². The Hall–Kier alpha value is -2.32. The van der Waals surface area contributed by atoms with E-state index in [1.54, 1.807) is 36.8 Å². The minimum absolute atomic E-state index is 0.324. The van der Waals surface area contributed by atoms with Crippen LogP contribution >= 0.6 is 23.2 Å². The van der Waals surface area contributed by atoms with Crippen LogP contribution in [-0.2, 0) is 34.0 Å². The zero-order valence-corrected chi connectivity index (χ0v) is 19.2. The highest BCUT2D eigenvalue weighted by Gasteiger charge is 2.00. The van der Waals surface area contributed by atoms with Gasteiger partial charge in [-0.25, -0.2) is 27.8 Å². The van der Waals surface area contributed by atoms with Crippen LogP contribution in [-0.4, -0.2) is 30.9 Å². The van der Waals surface area contributed by atoms with Gasteiger partial charge in [-0.05, 0) is 23.3 Å². The fourth-order valence-corrected chi connectivity index (χ4v) is 2.78. The molecule has 0 aliphatic rings. The number of nitriles is 2. The SMILES string of the molecule is CS(=O)(=NC#N)NCc1ccc(Cl)nc1.CS(=O)NCc1ccc(Cl)nc1.N#CN. The first-order valence-electron chi connectivity index (χ1n) is 7.85. The fraction of sp³-hybridized carbons (Fsp3) is 0.250. The van der Waals surface area contributed by atoms with Gasteiger partial charge in [0.2, 0.25) is 6.19 Å². The summed E-state index contributed by atoms with van der Waals surface area (Å²) in [5.74, 6) is 0. The van der Waals surface area contributed by atoms with Crippen LogP contribution in [0.3, 0.4) is 0 Å². The molecule has 0 radical (unpaired) electrons. The van der Waals surface area contributed by atoms with Crippen molar-refractivity contribution in [3.63, 3.8) is 0 Å². The molecule has 30 heavy (non-hydrogen) atoms. The molecule has 2 unspecified atom stereocenters. The molecule has 162 valence electrons. The Balaban J connectivity index is 0.000000505. The van der Waals surface area contributed by atoms with E-state index in [4.69, 9.17) is 33.7 Å². The van der Waals surface area contributed by atoms with Gasteiger partial charge in [0.15, 0.2) is 6.19 Å². The zero-order valence-electron chi connectivity index (χ0n) is 16.1. The van der Waals surface area contributed by atoms with Gasteiger partial charge in [-0.15, -0.1) is 4.36 Å². The molecule has 0 spiro atoms. The van der Waals surface area contributed by atoms with Gasteiger partial charge < -0.3 is 5.73 Å². The van der Waals surface area contributed by atoms with Crippen molar-refractivity contribution in [3.05, 3.63) is 58.1 Å². The minimum atomic E-state index is -2.64. The number of nitrogens with one attached hydrogen (secondary N) is 2. The summed E-state index contributed by atoms with van der Waals surface area (Å²) in [7, 11) is -3.62. The van der Waals surface area contributed by atoms with Gasteiger partial charge >= 0.3 is 0 Å². The monoisotopic (exact) mass is 490 g/mol. The number of hydrogen-bond donors (Lipinski definition) is 3. The third-order valence-corrected chi connectivity index (χ3v) is 4.92. The second-order valence-corrected chi connectivity index (χ2v) is 9.25. The Morgan fingerprint density at radius 3 is 1.97 bits per heavy atom.